The van der Waals surface area contributed by atoms with E-state index in [1.807, 2.05) is 16.7 Å². The fourth-order valence-electron chi connectivity index (χ4n) is 1.77. The number of hydrogen-bond acceptors (Lipinski definition) is 3. The van der Waals surface area contributed by atoms with Crippen molar-refractivity contribution in [1.29, 1.82) is 0 Å². The van der Waals surface area contributed by atoms with Gasteiger partial charge in [0.25, 0.3) is 0 Å². The number of unbranched alkanes of at least 4 members (excludes halogenated alkanes) is 1. The average Bonchev–Trinajstić information content (AvgIpc) is 2.76. The molecule has 1 heterocycles. The number of carbonyl (C=O) groups is 1. The summed E-state index contributed by atoms with van der Waals surface area (Å²) in [5, 5.41) is 3.22. The number of amides is 1. The van der Waals surface area contributed by atoms with Crippen LogP contribution in [0.2, 0.25) is 0 Å². The first-order valence-corrected chi connectivity index (χ1v) is 7.21. The van der Waals surface area contributed by atoms with Crippen molar-refractivity contribution in [2.45, 2.75) is 25.7 Å². The zero-order valence-electron chi connectivity index (χ0n) is 9.63. The molecule has 0 unspecified atom stereocenters. The molecule has 1 amide bonds. The standard InChI is InChI=1S/C11H22N2OS/c1-15-9-5-2-6-12-10-11(14)13-7-3-4-8-13/h12H,2-10H2,1H3. The van der Waals surface area contributed by atoms with E-state index in [-0.39, 0.29) is 5.91 Å². The number of nitrogens with one attached hydrogen (secondary N) is 1. The van der Waals surface area contributed by atoms with Gasteiger partial charge >= 0.3 is 0 Å². The molecule has 1 saturated heterocycles. The Kier molecular flexibility index (Phi) is 6.85. The van der Waals surface area contributed by atoms with Crippen LogP contribution in [0.3, 0.4) is 0 Å². The predicted molar refractivity (Wildman–Crippen MR) is 66.3 cm³/mol. The van der Waals surface area contributed by atoms with E-state index in [0.717, 1.165) is 19.6 Å². The lowest BCUT2D eigenvalue weighted by atomic mass is 10.3. The lowest BCUT2D eigenvalue weighted by Gasteiger charge is -2.15. The third-order valence-corrected chi connectivity index (χ3v) is 3.38. The average molecular weight is 230 g/mol. The van der Waals surface area contributed by atoms with Crippen molar-refractivity contribution in [3.05, 3.63) is 0 Å². The molecular weight excluding hydrogens is 208 g/mol. The molecule has 0 aromatic carbocycles. The van der Waals surface area contributed by atoms with Crippen molar-refractivity contribution in [1.82, 2.24) is 10.2 Å². The predicted octanol–water partition coefficient (Wildman–Crippen LogP) is 1.34. The van der Waals surface area contributed by atoms with Gasteiger partial charge in [0, 0.05) is 13.1 Å². The smallest absolute Gasteiger partial charge is 0.236 e. The minimum Gasteiger partial charge on any atom is -0.342 e. The molecule has 0 aromatic heterocycles. The maximum absolute atomic E-state index is 11.6. The van der Waals surface area contributed by atoms with E-state index in [1.54, 1.807) is 0 Å². The molecule has 0 saturated carbocycles. The zero-order chi connectivity index (χ0) is 10.9. The van der Waals surface area contributed by atoms with Gasteiger partial charge in [-0.1, -0.05) is 0 Å². The second-order valence-corrected chi connectivity index (χ2v) is 4.95. The molecule has 88 valence electrons. The van der Waals surface area contributed by atoms with Crippen LogP contribution in [-0.4, -0.2) is 49.0 Å². The number of hydrogen-bond donors (Lipinski definition) is 1. The third-order valence-electron chi connectivity index (χ3n) is 2.69. The summed E-state index contributed by atoms with van der Waals surface area (Å²) in [6.07, 6.45) is 6.91. The lowest BCUT2D eigenvalue weighted by Crippen LogP contribution is -2.36. The van der Waals surface area contributed by atoms with Crippen LogP contribution in [0.15, 0.2) is 0 Å². The van der Waals surface area contributed by atoms with Gasteiger partial charge in [-0.3, -0.25) is 4.79 Å². The molecule has 15 heavy (non-hydrogen) atoms. The molecule has 1 aliphatic heterocycles. The van der Waals surface area contributed by atoms with E-state index in [0.29, 0.717) is 6.54 Å². The van der Waals surface area contributed by atoms with Crippen LogP contribution in [0.4, 0.5) is 0 Å². The molecule has 0 radical (unpaired) electrons. The molecule has 3 nitrogen and oxygen atoms in total. The molecule has 4 heteroatoms. The minimum absolute atomic E-state index is 0.275. The SMILES string of the molecule is CSCCCCNCC(=O)N1CCCC1. The van der Waals surface area contributed by atoms with Crippen molar-refractivity contribution in [3.63, 3.8) is 0 Å². The summed E-state index contributed by atoms with van der Waals surface area (Å²) >= 11 is 1.88. The Hall–Kier alpha value is -0.220. The van der Waals surface area contributed by atoms with Gasteiger partial charge in [-0.25, -0.2) is 0 Å². The van der Waals surface area contributed by atoms with Crippen LogP contribution >= 0.6 is 11.8 Å². The molecule has 0 spiro atoms. The summed E-state index contributed by atoms with van der Waals surface area (Å²) in [6.45, 7) is 3.43. The second-order valence-electron chi connectivity index (χ2n) is 3.96. The highest BCUT2D eigenvalue weighted by Gasteiger charge is 2.16. The fraction of sp³-hybridized carbons (Fsp3) is 0.909. The monoisotopic (exact) mass is 230 g/mol. The zero-order valence-corrected chi connectivity index (χ0v) is 10.4. The Morgan fingerprint density at radius 1 is 1.33 bits per heavy atom. The van der Waals surface area contributed by atoms with E-state index in [2.05, 4.69) is 11.6 Å². The van der Waals surface area contributed by atoms with E-state index in [4.69, 9.17) is 0 Å². The summed E-state index contributed by atoms with van der Waals surface area (Å²) in [5.74, 6) is 1.50. The minimum atomic E-state index is 0.275. The van der Waals surface area contributed by atoms with E-state index in [9.17, 15) is 4.79 Å². The highest BCUT2D eigenvalue weighted by Crippen LogP contribution is 2.06. The van der Waals surface area contributed by atoms with Crippen LogP contribution in [-0.2, 0) is 4.79 Å². The number of likely N-dealkylation sites (tertiary alicyclic amines) is 1. The Balaban J connectivity index is 1.92. The van der Waals surface area contributed by atoms with Crippen molar-refractivity contribution in [2.75, 3.05) is 38.2 Å². The largest absolute Gasteiger partial charge is 0.342 e. The van der Waals surface area contributed by atoms with Gasteiger partial charge in [0.1, 0.15) is 0 Å². The normalized spacial score (nSPS) is 15.9. The summed E-state index contributed by atoms with van der Waals surface area (Å²) in [7, 11) is 0. The molecule has 0 atom stereocenters. The Bertz CT molecular complexity index is 181. The van der Waals surface area contributed by atoms with Crippen molar-refractivity contribution < 1.29 is 4.79 Å². The molecule has 0 aliphatic carbocycles. The third kappa shape index (κ3) is 5.42. The molecule has 1 fully saturated rings. The maximum Gasteiger partial charge on any atom is 0.236 e. The van der Waals surface area contributed by atoms with Gasteiger partial charge in [0.2, 0.25) is 5.91 Å². The van der Waals surface area contributed by atoms with Crippen LogP contribution in [0.25, 0.3) is 0 Å². The van der Waals surface area contributed by atoms with Gasteiger partial charge in [-0.2, -0.15) is 11.8 Å². The van der Waals surface area contributed by atoms with E-state index in [1.165, 1.54) is 31.4 Å². The van der Waals surface area contributed by atoms with Crippen molar-refractivity contribution in [3.8, 4) is 0 Å². The van der Waals surface area contributed by atoms with Crippen molar-refractivity contribution in [2.24, 2.45) is 0 Å². The Morgan fingerprint density at radius 3 is 2.73 bits per heavy atom. The topological polar surface area (TPSA) is 32.3 Å². The first-order valence-electron chi connectivity index (χ1n) is 5.82. The van der Waals surface area contributed by atoms with Gasteiger partial charge < -0.3 is 10.2 Å². The fourth-order valence-corrected chi connectivity index (χ4v) is 2.26. The van der Waals surface area contributed by atoms with Gasteiger partial charge in [0.15, 0.2) is 0 Å². The summed E-state index contributed by atoms with van der Waals surface area (Å²) in [5.41, 5.74) is 0. The Morgan fingerprint density at radius 2 is 2.07 bits per heavy atom. The highest BCUT2D eigenvalue weighted by molar-refractivity contribution is 7.98. The molecular formula is C11H22N2OS. The number of rotatable bonds is 7. The Labute approximate surface area is 97.0 Å². The van der Waals surface area contributed by atoms with Crippen molar-refractivity contribution >= 4 is 17.7 Å². The van der Waals surface area contributed by atoms with Gasteiger partial charge in [0.05, 0.1) is 6.54 Å². The summed E-state index contributed by atoms with van der Waals surface area (Å²) < 4.78 is 0. The number of carbonyl (C=O) groups excluding carboxylic acids is 1. The number of thioether (sulfide) groups is 1. The molecule has 0 bridgehead atoms. The van der Waals surface area contributed by atoms with E-state index >= 15 is 0 Å². The van der Waals surface area contributed by atoms with Gasteiger partial charge in [-0.05, 0) is 44.2 Å². The quantitative estimate of drug-likeness (QED) is 0.670. The molecule has 1 aliphatic rings. The van der Waals surface area contributed by atoms with Crippen LogP contribution < -0.4 is 5.32 Å². The number of nitrogens with zero attached hydrogens (tertiary/aromatic N) is 1. The van der Waals surface area contributed by atoms with Crippen LogP contribution in [0.5, 0.6) is 0 Å². The molecule has 0 aromatic rings. The van der Waals surface area contributed by atoms with Crippen LogP contribution in [0, 0.1) is 0 Å². The highest BCUT2D eigenvalue weighted by atomic mass is 32.2. The molecule has 1 rings (SSSR count). The molecule has 1 N–H and O–H groups in total. The van der Waals surface area contributed by atoms with E-state index < -0.39 is 0 Å². The lowest BCUT2D eigenvalue weighted by molar-refractivity contribution is -0.129. The second kappa shape index (κ2) is 7.99. The summed E-state index contributed by atoms with van der Waals surface area (Å²) in [6, 6.07) is 0. The first kappa shape index (κ1) is 12.8. The summed E-state index contributed by atoms with van der Waals surface area (Å²) in [4.78, 5) is 13.6. The van der Waals surface area contributed by atoms with Crippen LogP contribution in [0.1, 0.15) is 25.7 Å². The van der Waals surface area contributed by atoms with Gasteiger partial charge in [-0.15, -0.1) is 0 Å². The first-order chi connectivity index (χ1) is 7.34. The maximum atomic E-state index is 11.6.